The highest BCUT2D eigenvalue weighted by molar-refractivity contribution is 5.74. The summed E-state index contributed by atoms with van der Waals surface area (Å²) in [5.41, 5.74) is 14.9. The number of benzene rings is 8. The molecule has 0 aliphatic heterocycles. The van der Waals surface area contributed by atoms with E-state index in [1.165, 1.54) is 22.3 Å². The largest absolute Gasteiger partial charge is 0.507 e. The Hall–Kier alpha value is -8.74. The van der Waals surface area contributed by atoms with E-state index in [0.717, 1.165) is 99.6 Å². The summed E-state index contributed by atoms with van der Waals surface area (Å²) in [6.45, 7) is 27.3. The van der Waals surface area contributed by atoms with Gasteiger partial charge in [0, 0.05) is 67.4 Å². The summed E-state index contributed by atoms with van der Waals surface area (Å²) in [5.74, 6) is 6.09. The number of rotatable bonds is 35. The fourth-order valence-electron chi connectivity index (χ4n) is 11.1. The van der Waals surface area contributed by atoms with Gasteiger partial charge in [0.15, 0.2) is 6.61 Å². The summed E-state index contributed by atoms with van der Waals surface area (Å²) in [6.07, 6.45) is 5.28. The molecule has 110 heavy (non-hydrogen) atoms. The molecule has 16 heteroatoms. The number of hydrogen-bond acceptors (Lipinski definition) is 16. The molecule has 0 spiro atoms. The number of aliphatic hydroxyl groups excluding tert-OH is 2. The number of aliphatic hydroxyl groups is 2. The van der Waals surface area contributed by atoms with E-state index in [1.807, 2.05) is 112 Å². The van der Waals surface area contributed by atoms with E-state index in [0.29, 0.717) is 84.0 Å². The zero-order valence-corrected chi connectivity index (χ0v) is 63.2. The predicted molar refractivity (Wildman–Crippen MR) is 457 cm³/mol. The highest BCUT2D eigenvalue weighted by atomic mass is 16.7. The van der Waals surface area contributed by atoms with Gasteiger partial charge in [-0.15, -0.1) is 0 Å². The van der Waals surface area contributed by atoms with Gasteiger partial charge in [0.05, 0.1) is 52.7 Å². The van der Waals surface area contributed by atoms with Gasteiger partial charge in [0.1, 0.15) is 52.6 Å². The van der Waals surface area contributed by atoms with Crippen LogP contribution in [0.1, 0.15) is 261 Å². The zero-order chi connectivity index (χ0) is 74.5. The van der Waals surface area contributed by atoms with Gasteiger partial charge < -0.3 is 67.4 Å². The van der Waals surface area contributed by atoms with Crippen molar-refractivity contribution in [3.63, 3.8) is 0 Å². The Morgan fingerprint density at radius 1 is 0.355 bits per heavy atom. The summed E-state index contributed by atoms with van der Waals surface area (Å²) >= 11 is 0. The van der Waals surface area contributed by atoms with E-state index in [-0.39, 0.29) is 117 Å². The maximum Gasteiger partial charge on any atom is 0.349 e. The minimum atomic E-state index is -0.455. The van der Waals surface area contributed by atoms with E-state index < -0.39 is 5.97 Å². The second-order valence-corrected chi connectivity index (χ2v) is 25.6. The summed E-state index contributed by atoms with van der Waals surface area (Å²) in [6, 6.07) is 49.2. The van der Waals surface area contributed by atoms with Gasteiger partial charge in [-0.1, -0.05) is 235 Å². The lowest BCUT2D eigenvalue weighted by atomic mass is 9.99. The first-order chi connectivity index (χ1) is 49.2. The number of methoxy groups -OCH3 is 4. The van der Waals surface area contributed by atoms with Crippen molar-refractivity contribution < 1.29 is 77.0 Å². The van der Waals surface area contributed by atoms with Crippen LogP contribution in [0.3, 0.4) is 0 Å². The van der Waals surface area contributed by atoms with Crippen molar-refractivity contribution in [2.45, 2.75) is 251 Å². The Morgan fingerprint density at radius 2 is 0.691 bits per heavy atom. The highest BCUT2D eigenvalue weighted by Crippen LogP contribution is 2.33. The number of aromatic hydroxyl groups is 1. The first-order valence-corrected chi connectivity index (χ1v) is 35.5. The number of para-hydroxylation sites is 1. The predicted octanol–water partition coefficient (Wildman–Crippen LogP) is 24.0. The van der Waals surface area contributed by atoms with E-state index in [1.54, 1.807) is 40.6 Å². The third kappa shape index (κ3) is 35.1. The lowest BCUT2D eigenvalue weighted by molar-refractivity contribution is -0.137. The Balaban J connectivity index is -0.000000667. The maximum atomic E-state index is 12.3. The standard InChI is InChI=1S/C23H30O5.C22H30O4.C22H28O4.C19H24O3.8CH4/c1-6-17(3)18-7-9-21(10-8-18)28-22(24)15-27-23-19(13-25-4)11-16(2)12-20(23)14-26-5;1-6-17(3)18-7-9-21(10-8-18)25-15-26-22-19(13-23-4)11-16(2)12-20(22)14-24-5;1-4-16(3)18-9-11-20(12-10-18)25-14-13-21(24)26-22-17(5-2)7-6-8-19(22)15-23;1-4-14(3)15-5-7-18(8-6-15)22-12-17-10-13(2)9-16(11-20)19(17)21;;;;;;;;/h7-12,17H,6,13-15H2,1-5H3;7-12,17H,6,13-15H2,1-5H3;6-12,16,23H,4-5,13-15H2,1-3H3;5-10,14,20-21H,4,11-12H2,1-3H3;8*1H4. The minimum Gasteiger partial charge on any atom is -0.507 e. The summed E-state index contributed by atoms with van der Waals surface area (Å²) in [5, 5.41) is 28.8. The van der Waals surface area contributed by atoms with Crippen molar-refractivity contribution >= 4 is 11.9 Å². The molecular formula is C94H144O16. The van der Waals surface area contributed by atoms with Crippen LogP contribution in [0.25, 0.3) is 0 Å². The quantitative estimate of drug-likeness (QED) is 0.0193. The monoisotopic (exact) mass is 1530 g/mol. The number of hydrogen-bond donors (Lipinski definition) is 3. The van der Waals surface area contributed by atoms with Crippen molar-refractivity contribution in [1.29, 1.82) is 0 Å². The van der Waals surface area contributed by atoms with Crippen molar-refractivity contribution in [1.82, 2.24) is 0 Å². The Labute approximate surface area is 666 Å². The molecule has 8 rings (SSSR count). The number of esters is 2. The summed E-state index contributed by atoms with van der Waals surface area (Å²) in [7, 11) is 6.60. The van der Waals surface area contributed by atoms with Crippen molar-refractivity contribution in [2.24, 2.45) is 0 Å². The average Bonchev–Trinajstić information content (AvgIpc) is 0.850. The molecule has 4 atom stereocenters. The molecule has 0 heterocycles. The summed E-state index contributed by atoms with van der Waals surface area (Å²) in [4.78, 5) is 24.4. The Bertz CT molecular complexity index is 3680. The first kappa shape index (κ1) is 108. The van der Waals surface area contributed by atoms with E-state index in [2.05, 4.69) is 111 Å². The zero-order valence-electron chi connectivity index (χ0n) is 63.2. The van der Waals surface area contributed by atoms with Crippen LogP contribution in [0, 0.1) is 20.8 Å². The van der Waals surface area contributed by atoms with Gasteiger partial charge in [0.2, 0.25) is 6.79 Å². The Kier molecular flexibility index (Phi) is 56.9. The molecule has 0 amide bonds. The molecule has 0 bridgehead atoms. The molecule has 0 saturated carbocycles. The third-order valence-corrected chi connectivity index (χ3v) is 17.7. The maximum absolute atomic E-state index is 12.3. The lowest BCUT2D eigenvalue weighted by Crippen LogP contribution is -2.19. The van der Waals surface area contributed by atoms with Crippen molar-refractivity contribution in [2.75, 3.05) is 48.4 Å². The molecule has 8 aromatic rings. The molecule has 8 aromatic carbocycles. The van der Waals surface area contributed by atoms with Crippen LogP contribution in [-0.2, 0) is 81.2 Å². The molecule has 16 nitrogen and oxygen atoms in total. The molecular weight excluding hydrogens is 1390 g/mol. The molecule has 0 saturated heterocycles. The molecule has 0 aliphatic carbocycles. The van der Waals surface area contributed by atoms with Gasteiger partial charge in [-0.05, 0) is 159 Å². The van der Waals surface area contributed by atoms with Crippen LogP contribution >= 0.6 is 0 Å². The molecule has 3 N–H and O–H groups in total. The van der Waals surface area contributed by atoms with E-state index >= 15 is 0 Å². The SMILES string of the molecule is C.C.C.C.C.C.C.C.CCC(C)c1ccc(OC(=O)COc2c(COC)cc(C)cc2COC)cc1.CCC(C)c1ccc(OCOc2c(COC)cc(C)cc2COC)cc1.CCC(C)c1ccc(OCc2cc(C)cc(CO)c2O)cc1.CCc1cccc(CO)c1OC(=O)CCOc1ccc(C(C)CC)cc1. The summed E-state index contributed by atoms with van der Waals surface area (Å²) < 4.78 is 60.9. The van der Waals surface area contributed by atoms with Crippen LogP contribution in [0.5, 0.6) is 46.0 Å². The Morgan fingerprint density at radius 3 is 1.05 bits per heavy atom. The fraction of sp³-hybridized carbons (Fsp3) is 0.468. The van der Waals surface area contributed by atoms with Crippen molar-refractivity contribution in [3.05, 3.63) is 235 Å². The van der Waals surface area contributed by atoms with Gasteiger partial charge >= 0.3 is 11.9 Å². The lowest BCUT2D eigenvalue weighted by Gasteiger charge is -2.17. The van der Waals surface area contributed by atoms with Gasteiger partial charge in [0.25, 0.3) is 0 Å². The number of aryl methyl sites for hydroxylation is 4. The highest BCUT2D eigenvalue weighted by Gasteiger charge is 2.19. The van der Waals surface area contributed by atoms with Crippen molar-refractivity contribution in [3.8, 4) is 46.0 Å². The van der Waals surface area contributed by atoms with Gasteiger partial charge in [-0.2, -0.15) is 0 Å². The van der Waals surface area contributed by atoms with Crippen LogP contribution in [0.15, 0.2) is 152 Å². The molecule has 0 aliphatic rings. The number of carbonyl (C=O) groups is 2. The third-order valence-electron chi connectivity index (χ3n) is 17.7. The van der Waals surface area contributed by atoms with E-state index in [9.17, 15) is 24.9 Å². The molecule has 0 fully saturated rings. The number of phenols is 1. The minimum absolute atomic E-state index is 0. The molecule has 616 valence electrons. The fourth-order valence-corrected chi connectivity index (χ4v) is 11.1. The van der Waals surface area contributed by atoms with E-state index in [4.69, 9.17) is 52.1 Å². The van der Waals surface area contributed by atoms with Crippen LogP contribution in [0.2, 0.25) is 0 Å². The second-order valence-electron chi connectivity index (χ2n) is 25.6. The van der Waals surface area contributed by atoms with Gasteiger partial charge in [-0.25, -0.2) is 4.79 Å². The molecule has 0 radical (unpaired) electrons. The van der Waals surface area contributed by atoms with Gasteiger partial charge in [-0.3, -0.25) is 4.79 Å². The topological polar surface area (TPSA) is 196 Å². The average molecular weight is 1530 g/mol. The van der Waals surface area contributed by atoms with Crippen LogP contribution < -0.4 is 33.2 Å². The normalized spacial score (nSPS) is 11.1. The number of carbonyl (C=O) groups excluding carboxylic acids is 2. The second kappa shape index (κ2) is 58.2. The molecule has 0 aromatic heterocycles. The smallest absolute Gasteiger partial charge is 0.349 e. The van der Waals surface area contributed by atoms with Crippen LogP contribution in [-0.4, -0.2) is 75.7 Å². The van der Waals surface area contributed by atoms with Crippen LogP contribution in [0.4, 0.5) is 0 Å². The molecule has 4 unspecified atom stereocenters. The number of ether oxygens (including phenoxy) is 11. The first-order valence-electron chi connectivity index (χ1n) is 35.5.